The van der Waals surface area contributed by atoms with Crippen molar-refractivity contribution < 1.29 is 9.59 Å². The summed E-state index contributed by atoms with van der Waals surface area (Å²) in [6, 6.07) is 10.3. The van der Waals surface area contributed by atoms with E-state index in [0.717, 1.165) is 10.1 Å². The first-order chi connectivity index (χ1) is 13.4. The molecule has 0 bridgehead atoms. The van der Waals surface area contributed by atoms with Gasteiger partial charge >= 0.3 is 5.69 Å². The molecule has 3 rings (SSSR count). The van der Waals surface area contributed by atoms with Crippen molar-refractivity contribution in [3.05, 3.63) is 68.0 Å². The fourth-order valence-corrected chi connectivity index (χ4v) is 3.42. The fourth-order valence-electron chi connectivity index (χ4n) is 3.42. The van der Waals surface area contributed by atoms with Crippen LogP contribution in [0, 0.1) is 11.3 Å². The maximum atomic E-state index is 12.6. The Balaban J connectivity index is 1.83. The number of nitrogens with one attached hydrogen (secondary N) is 1. The molecule has 1 aromatic heterocycles. The molecule has 0 aliphatic carbocycles. The van der Waals surface area contributed by atoms with Crippen LogP contribution in [0.4, 0.5) is 0 Å². The Labute approximate surface area is 161 Å². The number of amides is 1. The SMILES string of the molecule is CC(=O)[C@@H](Cc1ccccc1)NC(=O)Cn1c(=O)c(C#N)c2n(c1=O)CCC2. The van der Waals surface area contributed by atoms with Gasteiger partial charge in [-0.3, -0.25) is 19.0 Å². The molecule has 1 atom stereocenters. The number of aromatic nitrogens is 2. The Hall–Kier alpha value is -3.47. The van der Waals surface area contributed by atoms with Crippen molar-refractivity contribution in [3.8, 4) is 6.07 Å². The van der Waals surface area contributed by atoms with Gasteiger partial charge in [-0.2, -0.15) is 5.26 Å². The smallest absolute Gasteiger partial charge is 0.331 e. The lowest BCUT2D eigenvalue weighted by atomic mass is 10.0. The van der Waals surface area contributed by atoms with Gasteiger partial charge in [-0.25, -0.2) is 9.36 Å². The van der Waals surface area contributed by atoms with Gasteiger partial charge in [0.25, 0.3) is 5.56 Å². The van der Waals surface area contributed by atoms with E-state index in [4.69, 9.17) is 0 Å². The normalized spacial score (nSPS) is 13.4. The Morgan fingerprint density at radius 3 is 2.61 bits per heavy atom. The fraction of sp³-hybridized carbons (Fsp3) is 0.350. The van der Waals surface area contributed by atoms with Crippen LogP contribution in [0.2, 0.25) is 0 Å². The number of carbonyl (C=O) groups excluding carboxylic acids is 2. The van der Waals surface area contributed by atoms with Crippen molar-refractivity contribution in [1.29, 1.82) is 5.26 Å². The molecule has 144 valence electrons. The third-order valence-corrected chi connectivity index (χ3v) is 4.85. The Morgan fingerprint density at radius 2 is 1.96 bits per heavy atom. The number of benzene rings is 1. The van der Waals surface area contributed by atoms with Crippen LogP contribution in [0.5, 0.6) is 0 Å². The summed E-state index contributed by atoms with van der Waals surface area (Å²) in [4.78, 5) is 49.5. The van der Waals surface area contributed by atoms with Gasteiger partial charge in [0.05, 0.1) is 6.04 Å². The minimum absolute atomic E-state index is 0.0997. The summed E-state index contributed by atoms with van der Waals surface area (Å²) in [5, 5.41) is 11.9. The molecule has 0 spiro atoms. The van der Waals surface area contributed by atoms with Gasteiger partial charge in [-0.05, 0) is 31.7 Å². The standard InChI is InChI=1S/C20H20N4O4/c1-13(25)16(10-14-6-3-2-4-7-14)22-18(26)12-24-19(27)15(11-21)17-8-5-9-23(17)20(24)28/h2-4,6-7,16H,5,8-10,12H2,1H3,(H,22,26)/t16-/m1/s1. The van der Waals surface area contributed by atoms with Gasteiger partial charge in [0, 0.05) is 12.2 Å². The second-order valence-corrected chi connectivity index (χ2v) is 6.78. The zero-order chi connectivity index (χ0) is 20.3. The summed E-state index contributed by atoms with van der Waals surface area (Å²) < 4.78 is 2.14. The van der Waals surface area contributed by atoms with Crippen LogP contribution >= 0.6 is 0 Å². The van der Waals surface area contributed by atoms with Crippen molar-refractivity contribution in [3.63, 3.8) is 0 Å². The first-order valence-electron chi connectivity index (χ1n) is 9.02. The molecule has 8 nitrogen and oxygen atoms in total. The topological polar surface area (TPSA) is 114 Å². The maximum absolute atomic E-state index is 12.6. The molecule has 1 aliphatic rings. The molecule has 1 amide bonds. The molecule has 8 heteroatoms. The van der Waals surface area contributed by atoms with Gasteiger partial charge in [-0.15, -0.1) is 0 Å². The van der Waals surface area contributed by atoms with Gasteiger partial charge < -0.3 is 5.32 Å². The molecule has 1 aliphatic heterocycles. The van der Waals surface area contributed by atoms with E-state index < -0.39 is 29.7 Å². The van der Waals surface area contributed by atoms with E-state index in [-0.39, 0.29) is 11.3 Å². The summed E-state index contributed by atoms with van der Waals surface area (Å²) in [5.74, 6) is -0.856. The number of ketones is 1. The van der Waals surface area contributed by atoms with Crippen molar-refractivity contribution in [2.75, 3.05) is 0 Å². The zero-order valence-corrected chi connectivity index (χ0v) is 15.5. The molecule has 28 heavy (non-hydrogen) atoms. The number of fused-ring (bicyclic) bond motifs is 1. The molecule has 0 unspecified atom stereocenters. The quantitative estimate of drug-likeness (QED) is 0.766. The molecule has 1 aromatic carbocycles. The lowest BCUT2D eigenvalue weighted by molar-refractivity contribution is -0.127. The summed E-state index contributed by atoms with van der Waals surface area (Å²) in [6.45, 7) is 1.25. The lowest BCUT2D eigenvalue weighted by Crippen LogP contribution is -2.48. The number of rotatable bonds is 6. The van der Waals surface area contributed by atoms with Crippen molar-refractivity contribution in [2.45, 2.75) is 45.3 Å². The van der Waals surface area contributed by atoms with Crippen LogP contribution in [0.3, 0.4) is 0 Å². The number of hydrogen-bond donors (Lipinski definition) is 1. The van der Waals surface area contributed by atoms with Crippen LogP contribution in [0.15, 0.2) is 39.9 Å². The second kappa shape index (κ2) is 8.05. The van der Waals surface area contributed by atoms with Crippen LogP contribution < -0.4 is 16.6 Å². The Kier molecular flexibility index (Phi) is 5.54. The summed E-state index contributed by atoms with van der Waals surface area (Å²) in [7, 11) is 0. The third-order valence-electron chi connectivity index (χ3n) is 4.85. The van der Waals surface area contributed by atoms with E-state index in [1.165, 1.54) is 11.5 Å². The van der Waals surface area contributed by atoms with Gasteiger partial charge in [-0.1, -0.05) is 30.3 Å². The first-order valence-corrected chi connectivity index (χ1v) is 9.02. The second-order valence-electron chi connectivity index (χ2n) is 6.78. The minimum Gasteiger partial charge on any atom is -0.344 e. The highest BCUT2D eigenvalue weighted by Crippen LogP contribution is 2.13. The number of nitriles is 1. The van der Waals surface area contributed by atoms with E-state index in [1.807, 2.05) is 36.4 Å². The average Bonchev–Trinajstić information content (AvgIpc) is 3.15. The average molecular weight is 380 g/mol. The molecule has 1 N–H and O–H groups in total. The van der Waals surface area contributed by atoms with E-state index in [1.54, 1.807) is 0 Å². The molecular formula is C20H20N4O4. The van der Waals surface area contributed by atoms with Crippen molar-refractivity contribution in [2.24, 2.45) is 0 Å². The monoisotopic (exact) mass is 380 g/mol. The summed E-state index contributed by atoms with van der Waals surface area (Å²) in [6.07, 6.45) is 1.47. The summed E-state index contributed by atoms with van der Waals surface area (Å²) in [5.41, 5.74) is -0.158. The van der Waals surface area contributed by atoms with E-state index >= 15 is 0 Å². The Morgan fingerprint density at radius 1 is 1.25 bits per heavy atom. The molecule has 0 radical (unpaired) electrons. The zero-order valence-electron chi connectivity index (χ0n) is 15.5. The number of nitrogens with zero attached hydrogens (tertiary/aromatic N) is 3. The van der Waals surface area contributed by atoms with Crippen LogP contribution in [0.25, 0.3) is 0 Å². The lowest BCUT2D eigenvalue weighted by Gasteiger charge is -2.17. The highest BCUT2D eigenvalue weighted by atomic mass is 16.2. The number of carbonyl (C=O) groups is 2. The summed E-state index contributed by atoms with van der Waals surface area (Å²) >= 11 is 0. The molecule has 2 aromatic rings. The molecule has 0 saturated carbocycles. The number of hydrogen-bond acceptors (Lipinski definition) is 5. The van der Waals surface area contributed by atoms with Crippen LogP contribution in [0.1, 0.15) is 30.2 Å². The Bertz CT molecular complexity index is 1080. The molecular weight excluding hydrogens is 360 g/mol. The van der Waals surface area contributed by atoms with Crippen molar-refractivity contribution >= 4 is 11.7 Å². The number of Topliss-reactive ketones (excluding diaryl/α,β-unsaturated/α-hetero) is 1. The van der Waals surface area contributed by atoms with Crippen LogP contribution in [-0.2, 0) is 35.5 Å². The predicted molar refractivity (Wildman–Crippen MR) is 101 cm³/mol. The van der Waals surface area contributed by atoms with Gasteiger partial charge in [0.1, 0.15) is 18.2 Å². The minimum atomic E-state index is -0.766. The maximum Gasteiger partial charge on any atom is 0.331 e. The van der Waals surface area contributed by atoms with Crippen LogP contribution in [-0.4, -0.2) is 26.9 Å². The van der Waals surface area contributed by atoms with Gasteiger partial charge in [0.2, 0.25) is 5.91 Å². The van der Waals surface area contributed by atoms with E-state index in [0.29, 0.717) is 31.5 Å². The van der Waals surface area contributed by atoms with E-state index in [9.17, 15) is 24.4 Å². The predicted octanol–water partition coefficient (Wildman–Crippen LogP) is 0.144. The van der Waals surface area contributed by atoms with E-state index in [2.05, 4.69) is 5.32 Å². The highest BCUT2D eigenvalue weighted by Gasteiger charge is 2.24. The molecule has 2 heterocycles. The third kappa shape index (κ3) is 3.78. The highest BCUT2D eigenvalue weighted by molar-refractivity contribution is 5.87. The molecule has 0 fully saturated rings. The molecule has 0 saturated heterocycles. The first kappa shape index (κ1) is 19.3. The van der Waals surface area contributed by atoms with Gasteiger partial charge in [0.15, 0.2) is 5.78 Å². The van der Waals surface area contributed by atoms with Crippen molar-refractivity contribution in [1.82, 2.24) is 14.5 Å². The largest absolute Gasteiger partial charge is 0.344 e.